The molecule has 0 amide bonds. The smallest absolute Gasteiger partial charge is 0.211 e. The summed E-state index contributed by atoms with van der Waals surface area (Å²) in [5.74, 6) is 0. The van der Waals surface area contributed by atoms with Crippen LogP contribution in [-0.4, -0.2) is 31.1 Å². The Morgan fingerprint density at radius 1 is 0.909 bits per heavy atom. The van der Waals surface area contributed by atoms with E-state index >= 15 is 0 Å². The lowest BCUT2D eigenvalue weighted by molar-refractivity contribution is 0.181. The molecule has 0 radical (unpaired) electrons. The highest BCUT2D eigenvalue weighted by Gasteiger charge is 2.38. The van der Waals surface area contributed by atoms with Gasteiger partial charge in [-0.2, -0.15) is 4.31 Å². The van der Waals surface area contributed by atoms with Gasteiger partial charge in [-0.25, -0.2) is 8.42 Å². The number of rotatable bonds is 4. The van der Waals surface area contributed by atoms with Crippen molar-refractivity contribution in [1.82, 2.24) is 4.31 Å². The standard InChI is InChI=1S/C15H31NO2S.3CH4/c1-12(13(2,3)4)15(8,9)11-16(14(5,6)7)19(10,17)18;;;/h1,11H2,2-10H3;3*1H4. The van der Waals surface area contributed by atoms with Gasteiger partial charge >= 0.3 is 0 Å². The Balaban J connectivity index is -0.000000540. The quantitative estimate of drug-likeness (QED) is 0.628. The van der Waals surface area contributed by atoms with E-state index in [-0.39, 0.29) is 33.1 Å². The lowest BCUT2D eigenvalue weighted by Gasteiger charge is -2.43. The largest absolute Gasteiger partial charge is 0.212 e. The van der Waals surface area contributed by atoms with E-state index in [9.17, 15) is 8.42 Å². The molecule has 0 aromatic rings. The first kappa shape index (κ1) is 29.6. The summed E-state index contributed by atoms with van der Waals surface area (Å²) >= 11 is 0. The van der Waals surface area contributed by atoms with Crippen molar-refractivity contribution in [3.63, 3.8) is 0 Å². The summed E-state index contributed by atoms with van der Waals surface area (Å²) in [5.41, 5.74) is 0.334. The van der Waals surface area contributed by atoms with E-state index in [2.05, 4.69) is 41.2 Å². The van der Waals surface area contributed by atoms with Gasteiger partial charge < -0.3 is 0 Å². The Kier molecular flexibility index (Phi) is 11.4. The van der Waals surface area contributed by atoms with Crippen LogP contribution in [0.15, 0.2) is 12.2 Å². The van der Waals surface area contributed by atoms with Gasteiger partial charge in [0.25, 0.3) is 0 Å². The van der Waals surface area contributed by atoms with E-state index in [1.54, 1.807) is 4.31 Å². The monoisotopic (exact) mass is 337 g/mol. The highest BCUT2D eigenvalue weighted by atomic mass is 32.2. The van der Waals surface area contributed by atoms with Gasteiger partial charge in [-0.05, 0) is 31.6 Å². The molecule has 4 heteroatoms. The van der Waals surface area contributed by atoms with Crippen molar-refractivity contribution in [2.45, 2.75) is 83.2 Å². The van der Waals surface area contributed by atoms with E-state index in [1.165, 1.54) is 6.26 Å². The normalized spacial score (nSPS) is 12.8. The first-order chi connectivity index (χ1) is 7.99. The summed E-state index contributed by atoms with van der Waals surface area (Å²) < 4.78 is 25.6. The van der Waals surface area contributed by atoms with Crippen LogP contribution >= 0.6 is 0 Å². The van der Waals surface area contributed by atoms with E-state index in [1.807, 2.05) is 20.8 Å². The second-order valence-electron chi connectivity index (χ2n) is 8.05. The summed E-state index contributed by atoms with van der Waals surface area (Å²) in [6.07, 6.45) is 1.27. The molecular weight excluding hydrogens is 294 g/mol. The number of sulfonamides is 1. The molecule has 0 aliphatic carbocycles. The fourth-order valence-corrected chi connectivity index (χ4v) is 3.87. The van der Waals surface area contributed by atoms with E-state index < -0.39 is 15.6 Å². The Bertz CT molecular complexity index is 435. The predicted octanol–water partition coefficient (Wildman–Crippen LogP) is 5.58. The average Bonchev–Trinajstić information content (AvgIpc) is 2.08. The number of hydrogen-bond acceptors (Lipinski definition) is 2. The maximum absolute atomic E-state index is 12.0. The van der Waals surface area contributed by atoms with Crippen LogP contribution in [0.3, 0.4) is 0 Å². The molecule has 138 valence electrons. The van der Waals surface area contributed by atoms with Crippen LogP contribution in [0.5, 0.6) is 0 Å². The van der Waals surface area contributed by atoms with Crippen LogP contribution in [0.25, 0.3) is 0 Å². The molecule has 0 aromatic heterocycles. The zero-order valence-corrected chi connectivity index (χ0v) is 14.9. The summed E-state index contributed by atoms with van der Waals surface area (Å²) in [7, 11) is -3.24. The molecule has 22 heavy (non-hydrogen) atoms. The van der Waals surface area contributed by atoms with Crippen molar-refractivity contribution in [2.24, 2.45) is 10.8 Å². The van der Waals surface area contributed by atoms with Gasteiger partial charge in [0, 0.05) is 12.1 Å². The van der Waals surface area contributed by atoms with Crippen LogP contribution in [0.2, 0.25) is 0 Å². The first-order valence-electron chi connectivity index (χ1n) is 6.67. The maximum Gasteiger partial charge on any atom is 0.211 e. The van der Waals surface area contributed by atoms with Gasteiger partial charge in [0.15, 0.2) is 0 Å². The molecule has 0 spiro atoms. The molecule has 0 bridgehead atoms. The molecule has 0 aromatic carbocycles. The molecular formula is C18H43NO2S. The van der Waals surface area contributed by atoms with Crippen molar-refractivity contribution < 1.29 is 8.42 Å². The molecule has 3 nitrogen and oxygen atoms in total. The highest BCUT2D eigenvalue weighted by molar-refractivity contribution is 7.88. The topological polar surface area (TPSA) is 37.4 Å². The SMILES string of the molecule is C.C.C.C=C(C(C)(C)C)C(C)(C)CN(C(C)(C)C)S(C)(=O)=O. The molecule has 0 fully saturated rings. The molecule has 0 N–H and O–H groups in total. The van der Waals surface area contributed by atoms with Crippen molar-refractivity contribution in [3.05, 3.63) is 12.2 Å². The third-order valence-corrected chi connectivity index (χ3v) is 4.89. The summed E-state index contributed by atoms with van der Waals surface area (Å²) in [6, 6.07) is 0. The fraction of sp³-hybridized carbons (Fsp3) is 0.889. The molecule has 0 saturated heterocycles. The van der Waals surface area contributed by atoms with Crippen LogP contribution < -0.4 is 0 Å². The Labute approximate surface area is 142 Å². The average molecular weight is 338 g/mol. The maximum atomic E-state index is 12.0. The third kappa shape index (κ3) is 8.33. The molecule has 0 heterocycles. The summed E-state index contributed by atoms with van der Waals surface area (Å²) in [4.78, 5) is 0. The van der Waals surface area contributed by atoms with Gasteiger partial charge in [0.05, 0.1) is 6.26 Å². The number of nitrogens with zero attached hydrogens (tertiary/aromatic N) is 1. The van der Waals surface area contributed by atoms with Gasteiger partial charge in [-0.15, -0.1) is 0 Å². The van der Waals surface area contributed by atoms with Crippen LogP contribution in [0, 0.1) is 10.8 Å². The minimum atomic E-state index is -3.24. The van der Waals surface area contributed by atoms with Crippen molar-refractivity contribution >= 4 is 10.0 Å². The van der Waals surface area contributed by atoms with Crippen LogP contribution in [0.4, 0.5) is 0 Å². The fourth-order valence-electron chi connectivity index (χ4n) is 2.32. The second-order valence-corrected chi connectivity index (χ2v) is 9.96. The number of hydrogen-bond donors (Lipinski definition) is 0. The van der Waals surface area contributed by atoms with Gasteiger partial charge in [-0.3, -0.25) is 0 Å². The Morgan fingerprint density at radius 2 is 1.23 bits per heavy atom. The second kappa shape index (κ2) is 8.49. The first-order valence-corrected chi connectivity index (χ1v) is 8.52. The molecule has 0 saturated carbocycles. The summed E-state index contributed by atoms with van der Waals surface area (Å²) in [5, 5.41) is 0. The summed E-state index contributed by atoms with van der Waals surface area (Å²) in [6.45, 7) is 20.9. The van der Waals surface area contributed by atoms with Gasteiger partial charge in [-0.1, -0.05) is 69.1 Å². The van der Waals surface area contributed by atoms with Gasteiger partial charge in [0.1, 0.15) is 0 Å². The molecule has 0 aliphatic heterocycles. The Hall–Kier alpha value is -0.350. The van der Waals surface area contributed by atoms with E-state index in [4.69, 9.17) is 0 Å². The lowest BCUT2D eigenvalue weighted by Crippen LogP contribution is -2.50. The molecule has 0 rings (SSSR count). The third-order valence-electron chi connectivity index (χ3n) is 3.41. The molecule has 0 aliphatic rings. The van der Waals surface area contributed by atoms with Gasteiger partial charge in [0.2, 0.25) is 10.0 Å². The van der Waals surface area contributed by atoms with Crippen molar-refractivity contribution in [3.8, 4) is 0 Å². The minimum absolute atomic E-state index is 0. The van der Waals surface area contributed by atoms with Crippen LogP contribution in [0.1, 0.15) is 77.7 Å². The van der Waals surface area contributed by atoms with E-state index in [0.717, 1.165) is 5.57 Å². The highest BCUT2D eigenvalue weighted by Crippen LogP contribution is 2.40. The molecule has 0 unspecified atom stereocenters. The van der Waals surface area contributed by atoms with E-state index in [0.29, 0.717) is 6.54 Å². The predicted molar refractivity (Wildman–Crippen MR) is 104 cm³/mol. The Morgan fingerprint density at radius 3 is 1.41 bits per heavy atom. The zero-order chi connectivity index (χ0) is 15.9. The van der Waals surface area contributed by atoms with Crippen molar-refractivity contribution in [1.29, 1.82) is 0 Å². The van der Waals surface area contributed by atoms with Crippen LogP contribution in [-0.2, 0) is 10.0 Å². The zero-order valence-electron chi connectivity index (χ0n) is 14.1. The molecule has 0 atom stereocenters. The minimum Gasteiger partial charge on any atom is -0.212 e. The lowest BCUT2D eigenvalue weighted by atomic mass is 9.71. The van der Waals surface area contributed by atoms with Crippen molar-refractivity contribution in [2.75, 3.05) is 12.8 Å².